The van der Waals surface area contributed by atoms with Crippen molar-refractivity contribution in [1.29, 1.82) is 0 Å². The Hall–Kier alpha value is -2.09. The van der Waals surface area contributed by atoms with Gasteiger partial charge >= 0.3 is 12.1 Å². The minimum Gasteiger partial charge on any atom is -0.479 e. The molecule has 0 radical (unpaired) electrons. The molecule has 0 heterocycles. The lowest BCUT2D eigenvalue weighted by atomic mass is 10.1. The summed E-state index contributed by atoms with van der Waals surface area (Å²) in [5, 5.41) is 13.1. The summed E-state index contributed by atoms with van der Waals surface area (Å²) in [6.45, 7) is -1.93. The average molecular weight is 290 g/mol. The Morgan fingerprint density at radius 1 is 1.20 bits per heavy atom. The molecule has 5 nitrogen and oxygen atoms in total. The van der Waals surface area contributed by atoms with E-state index in [-0.39, 0.29) is 0 Å². The largest absolute Gasteiger partial charge is 0.479 e. The standard InChI is InChI=1S/C12H13F3N2O3/c13-12(14,15)7-16-6-9(18)17-10(11(19)20)8-4-2-1-3-5-8/h1-5,10,16H,6-7H2,(H,17,18)(H,19,20)/t10-/m0/s1. The first-order valence-corrected chi connectivity index (χ1v) is 5.64. The summed E-state index contributed by atoms with van der Waals surface area (Å²) in [5.41, 5.74) is 0.337. The Balaban J connectivity index is 2.55. The van der Waals surface area contributed by atoms with E-state index in [0.29, 0.717) is 5.56 Å². The van der Waals surface area contributed by atoms with Crippen molar-refractivity contribution in [1.82, 2.24) is 10.6 Å². The van der Waals surface area contributed by atoms with Crippen LogP contribution in [0.15, 0.2) is 30.3 Å². The topological polar surface area (TPSA) is 78.4 Å². The normalized spacial score (nSPS) is 12.8. The molecule has 0 aromatic heterocycles. The van der Waals surface area contributed by atoms with Gasteiger partial charge in [0.2, 0.25) is 5.91 Å². The predicted molar refractivity (Wildman–Crippen MR) is 63.9 cm³/mol. The summed E-state index contributed by atoms with van der Waals surface area (Å²) in [6.07, 6.45) is -4.42. The molecule has 8 heteroatoms. The second-order valence-corrected chi connectivity index (χ2v) is 3.97. The molecule has 0 unspecified atom stereocenters. The molecule has 1 atom stereocenters. The number of benzene rings is 1. The van der Waals surface area contributed by atoms with Crippen LogP contribution >= 0.6 is 0 Å². The van der Waals surface area contributed by atoms with Crippen LogP contribution in [-0.4, -0.2) is 36.2 Å². The first-order chi connectivity index (χ1) is 9.29. The van der Waals surface area contributed by atoms with E-state index in [2.05, 4.69) is 5.32 Å². The highest BCUT2D eigenvalue weighted by Gasteiger charge is 2.27. The van der Waals surface area contributed by atoms with Gasteiger partial charge in [0.25, 0.3) is 0 Å². The van der Waals surface area contributed by atoms with Crippen molar-refractivity contribution >= 4 is 11.9 Å². The molecule has 1 rings (SSSR count). The van der Waals surface area contributed by atoms with Gasteiger partial charge in [0.05, 0.1) is 13.1 Å². The van der Waals surface area contributed by atoms with Gasteiger partial charge in [-0.05, 0) is 5.56 Å². The molecule has 0 fully saturated rings. The van der Waals surface area contributed by atoms with Crippen molar-refractivity contribution in [3.8, 4) is 0 Å². The van der Waals surface area contributed by atoms with Gasteiger partial charge in [0, 0.05) is 0 Å². The van der Waals surface area contributed by atoms with Crippen molar-refractivity contribution in [2.75, 3.05) is 13.1 Å². The van der Waals surface area contributed by atoms with Gasteiger partial charge in [-0.2, -0.15) is 13.2 Å². The van der Waals surface area contributed by atoms with E-state index in [1.807, 2.05) is 5.32 Å². The highest BCUT2D eigenvalue weighted by Crippen LogP contribution is 2.13. The molecule has 0 aliphatic rings. The van der Waals surface area contributed by atoms with Gasteiger partial charge in [0.15, 0.2) is 6.04 Å². The van der Waals surface area contributed by atoms with Gasteiger partial charge in [0.1, 0.15) is 0 Å². The fourth-order valence-electron chi connectivity index (χ4n) is 1.46. The summed E-state index contributed by atoms with van der Waals surface area (Å²) in [7, 11) is 0. The predicted octanol–water partition coefficient (Wildman–Crippen LogP) is 1.08. The first kappa shape index (κ1) is 16.0. The zero-order valence-corrected chi connectivity index (χ0v) is 10.3. The maximum atomic E-state index is 11.9. The molecule has 0 bridgehead atoms. The number of hydrogen-bond donors (Lipinski definition) is 3. The minimum atomic E-state index is -4.42. The summed E-state index contributed by atoms with van der Waals surface area (Å²) in [5.74, 6) is -2.12. The number of carbonyl (C=O) groups is 2. The number of amides is 1. The third-order valence-corrected chi connectivity index (χ3v) is 2.30. The maximum absolute atomic E-state index is 11.9. The van der Waals surface area contributed by atoms with Crippen LogP contribution in [0.3, 0.4) is 0 Å². The highest BCUT2D eigenvalue weighted by atomic mass is 19.4. The SMILES string of the molecule is O=C(CNCC(F)(F)F)N[C@H](C(=O)O)c1ccccc1. The molecule has 20 heavy (non-hydrogen) atoms. The van der Waals surface area contributed by atoms with E-state index in [4.69, 9.17) is 5.11 Å². The highest BCUT2D eigenvalue weighted by molar-refractivity contribution is 5.85. The molecule has 0 aliphatic heterocycles. The van der Waals surface area contributed by atoms with Gasteiger partial charge in [-0.3, -0.25) is 4.79 Å². The average Bonchev–Trinajstić information content (AvgIpc) is 2.35. The number of aliphatic carboxylic acids is 1. The van der Waals surface area contributed by atoms with Crippen LogP contribution in [0.25, 0.3) is 0 Å². The zero-order chi connectivity index (χ0) is 15.2. The number of nitrogens with one attached hydrogen (secondary N) is 2. The molecule has 1 aromatic rings. The van der Waals surface area contributed by atoms with Crippen molar-refractivity contribution < 1.29 is 27.9 Å². The maximum Gasteiger partial charge on any atom is 0.401 e. The fraction of sp³-hybridized carbons (Fsp3) is 0.333. The lowest BCUT2D eigenvalue weighted by Gasteiger charge is -2.15. The first-order valence-electron chi connectivity index (χ1n) is 5.64. The second kappa shape index (κ2) is 6.90. The van der Waals surface area contributed by atoms with Gasteiger partial charge < -0.3 is 15.7 Å². The van der Waals surface area contributed by atoms with Crippen molar-refractivity contribution in [2.24, 2.45) is 0 Å². The number of carbonyl (C=O) groups excluding carboxylic acids is 1. The number of halogens is 3. The van der Waals surface area contributed by atoms with Gasteiger partial charge in [-0.15, -0.1) is 0 Å². The van der Waals surface area contributed by atoms with Crippen LogP contribution in [0, 0.1) is 0 Å². The Labute approximate surface area is 112 Å². The molecule has 110 valence electrons. The number of carboxylic acids is 1. The van der Waals surface area contributed by atoms with Gasteiger partial charge in [-0.1, -0.05) is 30.3 Å². The monoisotopic (exact) mass is 290 g/mol. The van der Waals surface area contributed by atoms with Crippen LogP contribution in [-0.2, 0) is 9.59 Å². The lowest BCUT2D eigenvalue weighted by Crippen LogP contribution is -2.41. The Bertz CT molecular complexity index is 463. The zero-order valence-electron chi connectivity index (χ0n) is 10.3. The second-order valence-electron chi connectivity index (χ2n) is 3.97. The summed E-state index contributed by atoms with van der Waals surface area (Å²) in [4.78, 5) is 22.5. The smallest absolute Gasteiger partial charge is 0.401 e. The van der Waals surface area contributed by atoms with E-state index >= 15 is 0 Å². The summed E-state index contributed by atoms with van der Waals surface area (Å²) in [6, 6.07) is 6.58. The molecule has 1 amide bonds. The molecule has 0 saturated carbocycles. The molecule has 0 saturated heterocycles. The number of hydrogen-bond acceptors (Lipinski definition) is 3. The van der Waals surface area contributed by atoms with E-state index in [1.54, 1.807) is 18.2 Å². The van der Waals surface area contributed by atoms with Gasteiger partial charge in [-0.25, -0.2) is 4.79 Å². The molecule has 0 aliphatic carbocycles. The van der Waals surface area contributed by atoms with E-state index in [1.165, 1.54) is 12.1 Å². The van der Waals surface area contributed by atoms with Crippen molar-refractivity contribution in [3.05, 3.63) is 35.9 Å². The van der Waals surface area contributed by atoms with E-state index in [0.717, 1.165) is 0 Å². The third-order valence-electron chi connectivity index (χ3n) is 2.30. The molecule has 3 N–H and O–H groups in total. The van der Waals surface area contributed by atoms with Crippen LogP contribution in [0.2, 0.25) is 0 Å². The molecule has 1 aromatic carbocycles. The Kier molecular flexibility index (Phi) is 5.51. The molecular weight excluding hydrogens is 277 g/mol. The minimum absolute atomic E-state index is 0.337. The van der Waals surface area contributed by atoms with Crippen molar-refractivity contribution in [3.63, 3.8) is 0 Å². The van der Waals surface area contributed by atoms with Crippen LogP contribution in [0.1, 0.15) is 11.6 Å². The van der Waals surface area contributed by atoms with Crippen LogP contribution in [0.5, 0.6) is 0 Å². The van der Waals surface area contributed by atoms with Crippen molar-refractivity contribution in [2.45, 2.75) is 12.2 Å². The number of alkyl halides is 3. The lowest BCUT2D eigenvalue weighted by molar-refractivity contribution is -0.142. The van der Waals surface area contributed by atoms with E-state index in [9.17, 15) is 22.8 Å². The van der Waals surface area contributed by atoms with E-state index < -0.39 is 37.2 Å². The summed E-state index contributed by atoms with van der Waals surface area (Å²) >= 11 is 0. The Morgan fingerprint density at radius 3 is 2.30 bits per heavy atom. The molecule has 0 spiro atoms. The number of rotatable bonds is 6. The Morgan fingerprint density at radius 2 is 1.80 bits per heavy atom. The fourth-order valence-corrected chi connectivity index (χ4v) is 1.46. The van der Waals surface area contributed by atoms with Crippen LogP contribution < -0.4 is 10.6 Å². The third kappa shape index (κ3) is 5.70. The number of carboxylic acid groups (broad SMARTS) is 1. The molecular formula is C12H13F3N2O3. The quantitative estimate of drug-likeness (QED) is 0.732. The van der Waals surface area contributed by atoms with Crippen LogP contribution in [0.4, 0.5) is 13.2 Å². The summed E-state index contributed by atoms with van der Waals surface area (Å²) < 4.78 is 35.6.